The predicted octanol–water partition coefficient (Wildman–Crippen LogP) is 3.65. The molecular weight excluding hydrogens is 444 g/mol. The Kier molecular flexibility index (Phi) is 7.90. The van der Waals surface area contributed by atoms with Gasteiger partial charge >= 0.3 is 5.97 Å². The van der Waals surface area contributed by atoms with Gasteiger partial charge in [-0.25, -0.2) is 9.78 Å². The van der Waals surface area contributed by atoms with Gasteiger partial charge in [-0.05, 0) is 69.3 Å². The van der Waals surface area contributed by atoms with E-state index >= 15 is 0 Å². The molecule has 0 spiro atoms. The molecular formula is C27H36N4O4. The Hall–Kier alpha value is -3.13. The van der Waals surface area contributed by atoms with E-state index in [9.17, 15) is 9.59 Å². The van der Waals surface area contributed by atoms with Gasteiger partial charge in [0.2, 0.25) is 0 Å². The maximum Gasteiger partial charge on any atom is 0.337 e. The van der Waals surface area contributed by atoms with Gasteiger partial charge in [-0.3, -0.25) is 4.79 Å². The SMILES string of the molecule is COc1cccc(C(=O)NC2C[C@H]3CC[C@@H](C2)N3c2ccc(C(=O)O)cn2)c1CCCNC(C)C. The first-order valence-corrected chi connectivity index (χ1v) is 12.5. The predicted molar refractivity (Wildman–Crippen MR) is 135 cm³/mol. The Balaban J connectivity index is 1.42. The first-order valence-electron chi connectivity index (χ1n) is 12.5. The van der Waals surface area contributed by atoms with Crippen LogP contribution in [0.25, 0.3) is 0 Å². The summed E-state index contributed by atoms with van der Waals surface area (Å²) in [4.78, 5) is 31.2. The average molecular weight is 481 g/mol. The molecule has 0 radical (unpaired) electrons. The number of carboxylic acid groups (broad SMARTS) is 1. The van der Waals surface area contributed by atoms with Gasteiger partial charge in [0.15, 0.2) is 0 Å². The number of aromatic nitrogens is 1. The van der Waals surface area contributed by atoms with Crippen molar-refractivity contribution in [1.29, 1.82) is 0 Å². The molecule has 3 heterocycles. The number of ether oxygens (including phenoxy) is 1. The Morgan fingerprint density at radius 2 is 1.91 bits per heavy atom. The molecule has 2 aliphatic heterocycles. The number of hydrogen-bond acceptors (Lipinski definition) is 6. The van der Waals surface area contributed by atoms with Crippen LogP contribution in [0.2, 0.25) is 0 Å². The number of nitrogens with one attached hydrogen (secondary N) is 2. The topological polar surface area (TPSA) is 104 Å². The second kappa shape index (κ2) is 11.1. The number of benzene rings is 1. The molecule has 1 unspecified atom stereocenters. The Morgan fingerprint density at radius 1 is 1.17 bits per heavy atom. The number of amides is 1. The van der Waals surface area contributed by atoms with Crippen molar-refractivity contribution in [2.45, 2.75) is 76.5 Å². The van der Waals surface area contributed by atoms with Gasteiger partial charge in [-0.2, -0.15) is 0 Å². The van der Waals surface area contributed by atoms with Crippen molar-refractivity contribution in [2.75, 3.05) is 18.6 Å². The highest BCUT2D eigenvalue weighted by Gasteiger charge is 2.42. The van der Waals surface area contributed by atoms with Crippen LogP contribution < -0.4 is 20.3 Å². The first kappa shape index (κ1) is 25.0. The van der Waals surface area contributed by atoms with Crippen LogP contribution in [0.3, 0.4) is 0 Å². The molecule has 188 valence electrons. The van der Waals surface area contributed by atoms with Crippen LogP contribution in [0, 0.1) is 0 Å². The number of rotatable bonds is 10. The molecule has 0 saturated carbocycles. The normalized spacial score (nSPS) is 21.3. The van der Waals surface area contributed by atoms with Crippen molar-refractivity contribution in [3.05, 3.63) is 53.2 Å². The first-order chi connectivity index (χ1) is 16.9. The fourth-order valence-corrected chi connectivity index (χ4v) is 5.48. The summed E-state index contributed by atoms with van der Waals surface area (Å²) >= 11 is 0. The van der Waals surface area contributed by atoms with Crippen LogP contribution in [0.4, 0.5) is 5.82 Å². The average Bonchev–Trinajstić information content (AvgIpc) is 3.11. The number of fused-ring (bicyclic) bond motifs is 2. The van der Waals surface area contributed by atoms with E-state index in [1.807, 2.05) is 18.2 Å². The molecule has 2 bridgehead atoms. The summed E-state index contributed by atoms with van der Waals surface area (Å²) in [6, 6.07) is 10.2. The molecule has 8 heteroatoms. The number of carboxylic acids is 1. The van der Waals surface area contributed by atoms with E-state index in [1.54, 1.807) is 19.2 Å². The lowest BCUT2D eigenvalue weighted by atomic mass is 9.95. The zero-order valence-corrected chi connectivity index (χ0v) is 20.8. The molecule has 4 rings (SSSR count). The summed E-state index contributed by atoms with van der Waals surface area (Å²) < 4.78 is 5.58. The molecule has 1 amide bonds. The van der Waals surface area contributed by atoms with Crippen molar-refractivity contribution in [3.63, 3.8) is 0 Å². The van der Waals surface area contributed by atoms with Gasteiger partial charge < -0.3 is 25.4 Å². The molecule has 1 aromatic heterocycles. The maximum atomic E-state index is 13.4. The number of methoxy groups -OCH3 is 1. The fourth-order valence-electron chi connectivity index (χ4n) is 5.48. The molecule has 2 aromatic rings. The second-order valence-electron chi connectivity index (χ2n) is 9.84. The highest BCUT2D eigenvalue weighted by Crippen LogP contribution is 2.38. The zero-order valence-electron chi connectivity index (χ0n) is 20.8. The highest BCUT2D eigenvalue weighted by atomic mass is 16.5. The number of aromatic carboxylic acids is 1. The highest BCUT2D eigenvalue weighted by molar-refractivity contribution is 5.96. The fraction of sp³-hybridized carbons (Fsp3) is 0.519. The molecule has 0 aliphatic carbocycles. The molecule has 3 N–H and O–H groups in total. The van der Waals surface area contributed by atoms with Gasteiger partial charge in [0, 0.05) is 41.5 Å². The minimum Gasteiger partial charge on any atom is -0.496 e. The van der Waals surface area contributed by atoms with Gasteiger partial charge in [0.05, 0.1) is 12.7 Å². The van der Waals surface area contributed by atoms with Crippen molar-refractivity contribution >= 4 is 17.7 Å². The third-order valence-electron chi connectivity index (χ3n) is 7.08. The molecule has 1 aromatic carbocycles. The molecule has 2 fully saturated rings. The summed E-state index contributed by atoms with van der Waals surface area (Å²) in [5, 5.41) is 15.9. The van der Waals surface area contributed by atoms with Crippen molar-refractivity contribution in [1.82, 2.24) is 15.6 Å². The zero-order chi connectivity index (χ0) is 24.9. The monoisotopic (exact) mass is 480 g/mol. The lowest BCUT2D eigenvalue weighted by molar-refractivity contribution is 0.0696. The summed E-state index contributed by atoms with van der Waals surface area (Å²) in [5.41, 5.74) is 1.84. The van der Waals surface area contributed by atoms with E-state index < -0.39 is 5.97 Å². The van der Waals surface area contributed by atoms with E-state index in [0.29, 0.717) is 11.6 Å². The molecule has 8 nitrogen and oxygen atoms in total. The number of pyridine rings is 1. The van der Waals surface area contributed by atoms with E-state index in [1.165, 1.54) is 6.20 Å². The van der Waals surface area contributed by atoms with Gasteiger partial charge in [-0.15, -0.1) is 0 Å². The smallest absolute Gasteiger partial charge is 0.337 e. The Labute approximate surface area is 207 Å². The van der Waals surface area contributed by atoms with E-state index in [0.717, 1.165) is 62.2 Å². The summed E-state index contributed by atoms with van der Waals surface area (Å²) in [6.45, 7) is 5.14. The standard InChI is InChI=1S/C27H36N4O4/c1-17(2)28-13-5-7-22-23(6-4-8-24(22)35-3)26(32)30-19-14-20-10-11-21(15-19)31(20)25-12-9-18(16-29-25)27(33)34/h4,6,8-9,12,16-17,19-21,28H,5,7,10-11,13-15H2,1-3H3,(H,30,32)(H,33,34)/t19?,20-,21+. The lowest BCUT2D eigenvalue weighted by Gasteiger charge is -2.40. The van der Waals surface area contributed by atoms with Crippen LogP contribution >= 0.6 is 0 Å². The number of piperidine rings is 1. The second-order valence-corrected chi connectivity index (χ2v) is 9.84. The maximum absolute atomic E-state index is 13.4. The number of hydrogen-bond donors (Lipinski definition) is 3. The van der Waals surface area contributed by atoms with Crippen LogP contribution in [-0.2, 0) is 6.42 Å². The van der Waals surface area contributed by atoms with Crippen molar-refractivity contribution in [2.24, 2.45) is 0 Å². The van der Waals surface area contributed by atoms with Gasteiger partial charge in [0.1, 0.15) is 11.6 Å². The lowest BCUT2D eigenvalue weighted by Crippen LogP contribution is -2.50. The van der Waals surface area contributed by atoms with Crippen LogP contribution in [0.15, 0.2) is 36.5 Å². The molecule has 2 aliphatic rings. The van der Waals surface area contributed by atoms with Crippen LogP contribution in [-0.4, -0.2) is 59.8 Å². The number of carbonyl (C=O) groups is 2. The number of nitrogens with zero attached hydrogens (tertiary/aromatic N) is 2. The molecule has 3 atom stereocenters. The summed E-state index contributed by atoms with van der Waals surface area (Å²) in [7, 11) is 1.65. The minimum atomic E-state index is -0.971. The van der Waals surface area contributed by atoms with Crippen LogP contribution in [0.5, 0.6) is 5.75 Å². The third-order valence-corrected chi connectivity index (χ3v) is 7.08. The van der Waals surface area contributed by atoms with Crippen molar-refractivity contribution < 1.29 is 19.4 Å². The Bertz CT molecular complexity index is 1030. The number of anilines is 1. The summed E-state index contributed by atoms with van der Waals surface area (Å²) in [6.07, 6.45) is 6.92. The number of carbonyl (C=O) groups excluding carboxylic acids is 1. The van der Waals surface area contributed by atoms with E-state index in [-0.39, 0.29) is 29.6 Å². The van der Waals surface area contributed by atoms with Gasteiger partial charge in [-0.1, -0.05) is 19.9 Å². The summed E-state index contributed by atoms with van der Waals surface area (Å²) in [5.74, 6) is 0.560. The van der Waals surface area contributed by atoms with Crippen LogP contribution in [0.1, 0.15) is 72.2 Å². The van der Waals surface area contributed by atoms with Crippen molar-refractivity contribution in [3.8, 4) is 5.75 Å². The molecule has 2 saturated heterocycles. The molecule has 35 heavy (non-hydrogen) atoms. The Morgan fingerprint density at radius 3 is 2.51 bits per heavy atom. The third kappa shape index (κ3) is 5.75. The van der Waals surface area contributed by atoms with Gasteiger partial charge in [0.25, 0.3) is 5.91 Å². The minimum absolute atomic E-state index is 0.0440. The van der Waals surface area contributed by atoms with E-state index in [2.05, 4.69) is 34.4 Å². The quantitative estimate of drug-likeness (QED) is 0.446. The largest absolute Gasteiger partial charge is 0.496 e. The van der Waals surface area contributed by atoms with E-state index in [4.69, 9.17) is 9.84 Å².